The van der Waals surface area contributed by atoms with Crippen molar-refractivity contribution in [1.29, 1.82) is 0 Å². The largest absolute Gasteiger partial charge is 0.338 e. The molecule has 2 amide bonds. The van der Waals surface area contributed by atoms with Gasteiger partial charge in [-0.15, -0.1) is 0 Å². The van der Waals surface area contributed by atoms with E-state index in [4.69, 9.17) is 0 Å². The molecule has 3 heterocycles. The third-order valence-electron chi connectivity index (χ3n) is 5.37. The molecular weight excluding hydrogens is 354 g/mol. The van der Waals surface area contributed by atoms with Crippen LogP contribution in [0.2, 0.25) is 0 Å². The van der Waals surface area contributed by atoms with E-state index in [1.807, 2.05) is 0 Å². The van der Waals surface area contributed by atoms with Gasteiger partial charge in [-0.25, -0.2) is 8.42 Å². The summed E-state index contributed by atoms with van der Waals surface area (Å²) in [5.74, 6) is 0.297. The lowest BCUT2D eigenvalue weighted by Gasteiger charge is -2.30. The van der Waals surface area contributed by atoms with E-state index >= 15 is 0 Å². The number of hydrogen-bond donors (Lipinski definition) is 0. The number of pyridine rings is 1. The molecule has 2 aliphatic rings. The Morgan fingerprint density at radius 3 is 2.54 bits per heavy atom. The summed E-state index contributed by atoms with van der Waals surface area (Å²) in [4.78, 5) is 32.8. The Hall–Kier alpha value is -1.96. The van der Waals surface area contributed by atoms with E-state index in [0.717, 1.165) is 12.8 Å². The van der Waals surface area contributed by atoms with Gasteiger partial charge in [0.2, 0.25) is 0 Å². The SMILES string of the molecule is CC1CCN(C(=O)c2cc(C(=O)N(C)C3CCS(=O)(=O)C3)ccn2)CC1. The van der Waals surface area contributed by atoms with Crippen molar-refractivity contribution in [3.63, 3.8) is 0 Å². The average Bonchev–Trinajstić information content (AvgIpc) is 3.00. The smallest absolute Gasteiger partial charge is 0.272 e. The van der Waals surface area contributed by atoms with Crippen LogP contribution in [0.25, 0.3) is 0 Å². The number of likely N-dealkylation sites (tertiary alicyclic amines) is 1. The van der Waals surface area contributed by atoms with Crippen molar-refractivity contribution in [2.45, 2.75) is 32.2 Å². The fourth-order valence-corrected chi connectivity index (χ4v) is 5.28. The Morgan fingerprint density at radius 1 is 1.23 bits per heavy atom. The van der Waals surface area contributed by atoms with E-state index in [2.05, 4.69) is 11.9 Å². The minimum atomic E-state index is -3.06. The molecule has 2 saturated heterocycles. The van der Waals surface area contributed by atoms with Gasteiger partial charge in [0.1, 0.15) is 5.69 Å². The van der Waals surface area contributed by atoms with Crippen LogP contribution in [0.3, 0.4) is 0 Å². The van der Waals surface area contributed by atoms with Gasteiger partial charge in [0.15, 0.2) is 9.84 Å². The number of hydrogen-bond acceptors (Lipinski definition) is 5. The van der Waals surface area contributed by atoms with Crippen LogP contribution in [-0.4, -0.2) is 72.7 Å². The van der Waals surface area contributed by atoms with Crippen LogP contribution in [-0.2, 0) is 9.84 Å². The van der Waals surface area contributed by atoms with E-state index in [1.165, 1.54) is 17.2 Å². The summed E-state index contributed by atoms with van der Waals surface area (Å²) in [5, 5.41) is 0. The average molecular weight is 379 g/mol. The summed E-state index contributed by atoms with van der Waals surface area (Å²) in [6, 6.07) is 2.77. The van der Waals surface area contributed by atoms with Gasteiger partial charge in [-0.3, -0.25) is 14.6 Å². The first-order chi connectivity index (χ1) is 12.3. The van der Waals surface area contributed by atoms with Gasteiger partial charge in [-0.2, -0.15) is 0 Å². The van der Waals surface area contributed by atoms with Crippen molar-refractivity contribution >= 4 is 21.7 Å². The molecule has 0 spiro atoms. The predicted octanol–water partition coefficient (Wildman–Crippen LogP) is 1.21. The Bertz CT molecular complexity index is 800. The van der Waals surface area contributed by atoms with Crippen molar-refractivity contribution in [3.8, 4) is 0 Å². The number of carbonyl (C=O) groups is 2. The van der Waals surface area contributed by atoms with Gasteiger partial charge in [-0.1, -0.05) is 6.92 Å². The fraction of sp³-hybridized carbons (Fsp3) is 0.611. The van der Waals surface area contributed by atoms with Gasteiger partial charge < -0.3 is 9.80 Å². The second-order valence-corrected chi connectivity index (χ2v) is 9.61. The van der Waals surface area contributed by atoms with Gasteiger partial charge in [0.05, 0.1) is 11.5 Å². The standard InChI is InChI=1S/C18H25N3O4S/c1-13-4-8-21(9-5-13)18(23)16-11-14(3-7-19-16)17(22)20(2)15-6-10-26(24,25)12-15/h3,7,11,13,15H,4-6,8-10,12H2,1-2H3. The van der Waals surface area contributed by atoms with Crippen molar-refractivity contribution in [2.75, 3.05) is 31.6 Å². The quantitative estimate of drug-likeness (QED) is 0.788. The van der Waals surface area contributed by atoms with Crippen molar-refractivity contribution < 1.29 is 18.0 Å². The number of carbonyl (C=O) groups excluding carboxylic acids is 2. The minimum absolute atomic E-state index is 0.00191. The molecule has 26 heavy (non-hydrogen) atoms. The van der Waals surface area contributed by atoms with Crippen LogP contribution in [0.5, 0.6) is 0 Å². The number of amides is 2. The molecule has 0 saturated carbocycles. The molecule has 142 valence electrons. The summed E-state index contributed by atoms with van der Waals surface area (Å²) >= 11 is 0. The van der Waals surface area contributed by atoms with Crippen molar-refractivity contribution in [2.24, 2.45) is 5.92 Å². The molecule has 0 bridgehead atoms. The molecule has 8 heteroatoms. The van der Waals surface area contributed by atoms with E-state index < -0.39 is 9.84 Å². The summed E-state index contributed by atoms with van der Waals surface area (Å²) in [6.45, 7) is 3.60. The molecule has 2 aliphatic heterocycles. The third-order valence-corrected chi connectivity index (χ3v) is 7.12. The topological polar surface area (TPSA) is 87.7 Å². The van der Waals surface area contributed by atoms with Crippen LogP contribution >= 0.6 is 0 Å². The molecule has 7 nitrogen and oxygen atoms in total. The predicted molar refractivity (Wildman–Crippen MR) is 97.7 cm³/mol. The summed E-state index contributed by atoms with van der Waals surface area (Å²) in [6.07, 6.45) is 3.87. The van der Waals surface area contributed by atoms with E-state index in [9.17, 15) is 18.0 Å². The van der Waals surface area contributed by atoms with Crippen LogP contribution in [0.15, 0.2) is 18.3 Å². The molecule has 1 aromatic rings. The molecule has 3 rings (SSSR count). The van der Waals surface area contributed by atoms with Crippen LogP contribution < -0.4 is 0 Å². The number of rotatable bonds is 3. The minimum Gasteiger partial charge on any atom is -0.338 e. The van der Waals surface area contributed by atoms with Gasteiger partial charge >= 0.3 is 0 Å². The highest BCUT2D eigenvalue weighted by Gasteiger charge is 2.33. The zero-order chi connectivity index (χ0) is 18.9. The second kappa shape index (κ2) is 7.34. The van der Waals surface area contributed by atoms with E-state index in [-0.39, 0.29) is 35.1 Å². The zero-order valence-corrected chi connectivity index (χ0v) is 16.0. The Morgan fingerprint density at radius 2 is 1.92 bits per heavy atom. The van der Waals surface area contributed by atoms with Crippen molar-refractivity contribution in [1.82, 2.24) is 14.8 Å². The lowest BCUT2D eigenvalue weighted by molar-refractivity contribution is 0.0691. The number of aromatic nitrogens is 1. The maximum absolute atomic E-state index is 12.7. The molecule has 0 aromatic carbocycles. The molecule has 1 aromatic heterocycles. The highest BCUT2D eigenvalue weighted by molar-refractivity contribution is 7.91. The van der Waals surface area contributed by atoms with Crippen molar-refractivity contribution in [3.05, 3.63) is 29.6 Å². The molecule has 0 radical (unpaired) electrons. The normalized spacial score (nSPS) is 23.0. The third kappa shape index (κ3) is 4.06. The summed E-state index contributed by atoms with van der Waals surface area (Å²) < 4.78 is 23.3. The van der Waals surface area contributed by atoms with Crippen LogP contribution in [0.1, 0.15) is 47.0 Å². The van der Waals surface area contributed by atoms with Gasteiger partial charge in [-0.05, 0) is 37.3 Å². The molecule has 1 atom stereocenters. The highest BCUT2D eigenvalue weighted by Crippen LogP contribution is 2.20. The van der Waals surface area contributed by atoms with Gasteiger partial charge in [0, 0.05) is 37.9 Å². The first-order valence-corrected chi connectivity index (χ1v) is 10.8. The number of piperidine rings is 1. The molecule has 2 fully saturated rings. The second-order valence-electron chi connectivity index (χ2n) is 7.38. The first kappa shape index (κ1) is 18.8. The Kier molecular flexibility index (Phi) is 5.32. The highest BCUT2D eigenvalue weighted by atomic mass is 32.2. The zero-order valence-electron chi connectivity index (χ0n) is 15.2. The maximum atomic E-state index is 12.7. The lowest BCUT2D eigenvalue weighted by atomic mass is 9.99. The van der Waals surface area contributed by atoms with E-state index in [0.29, 0.717) is 31.0 Å². The van der Waals surface area contributed by atoms with E-state index in [1.54, 1.807) is 18.0 Å². The molecule has 0 N–H and O–H groups in total. The molecular formula is C18H25N3O4S. The molecule has 1 unspecified atom stereocenters. The van der Waals surface area contributed by atoms with Gasteiger partial charge in [0.25, 0.3) is 11.8 Å². The lowest BCUT2D eigenvalue weighted by Crippen LogP contribution is -2.39. The Balaban J connectivity index is 1.72. The van der Waals surface area contributed by atoms with Crippen LogP contribution in [0.4, 0.5) is 0 Å². The number of nitrogens with zero attached hydrogens (tertiary/aromatic N) is 3. The molecule has 0 aliphatic carbocycles. The number of sulfone groups is 1. The Labute approximate surface area is 154 Å². The fourth-order valence-electron chi connectivity index (χ4n) is 3.50. The monoisotopic (exact) mass is 379 g/mol. The summed E-state index contributed by atoms with van der Waals surface area (Å²) in [7, 11) is -1.45. The summed E-state index contributed by atoms with van der Waals surface area (Å²) in [5.41, 5.74) is 0.623. The maximum Gasteiger partial charge on any atom is 0.272 e. The van der Waals surface area contributed by atoms with Crippen LogP contribution in [0, 0.1) is 5.92 Å². The first-order valence-electron chi connectivity index (χ1n) is 9.00.